The average molecular weight is 657 g/mol. The minimum absolute atomic E-state index is 0.533. The predicted molar refractivity (Wildman–Crippen MR) is 191 cm³/mol. The molecule has 0 radical (unpaired) electrons. The molecule has 5 rings (SSSR count). The Bertz CT molecular complexity index is 1260. The van der Waals surface area contributed by atoms with E-state index in [1.165, 1.54) is 53.9 Å². The van der Waals surface area contributed by atoms with Crippen molar-refractivity contribution in [1.29, 1.82) is 0 Å². The van der Waals surface area contributed by atoms with Crippen LogP contribution in [0.15, 0.2) is 53.4 Å². The van der Waals surface area contributed by atoms with E-state index < -0.39 is 10.2 Å². The summed E-state index contributed by atoms with van der Waals surface area (Å²) in [4.78, 5) is 8.33. The number of benzene rings is 2. The first kappa shape index (κ1) is 34.5. The number of aryl methyl sites for hydroxylation is 1. The highest BCUT2D eigenvalue weighted by Gasteiger charge is 2.32. The molecule has 0 atom stereocenters. The molecule has 2 saturated heterocycles. The standard InChI is InChI=1S/C35H56N6O2S2/c1-31-12-14-34(15-13-31)38-26-28-41(29-27-38)45(42,43)40-24-8-21-37(30-32-10-5-4-6-11-32)20-7-22-39(23-9-25-40)44-35-18-16-33(17-19-35)36(2)3/h12-19,32H,4-11,20-30H2,1-3H3. The molecule has 3 fully saturated rings. The quantitative estimate of drug-likeness (QED) is 0.333. The lowest BCUT2D eigenvalue weighted by Crippen LogP contribution is -2.53. The minimum atomic E-state index is -3.53. The third kappa shape index (κ3) is 10.1. The van der Waals surface area contributed by atoms with Gasteiger partial charge in [0.05, 0.1) is 0 Å². The molecule has 2 aliphatic heterocycles. The molecule has 8 nitrogen and oxygen atoms in total. The van der Waals surface area contributed by atoms with Crippen molar-refractivity contribution in [3.63, 3.8) is 0 Å². The van der Waals surface area contributed by atoms with Gasteiger partial charge in [-0.25, -0.2) is 4.31 Å². The zero-order valence-corrected chi connectivity index (χ0v) is 29.6. The summed E-state index contributed by atoms with van der Waals surface area (Å²) in [5.74, 6) is 0.789. The van der Waals surface area contributed by atoms with E-state index in [9.17, 15) is 8.42 Å². The summed E-state index contributed by atoms with van der Waals surface area (Å²) < 4.78 is 34.2. The van der Waals surface area contributed by atoms with Crippen LogP contribution in [0.3, 0.4) is 0 Å². The van der Waals surface area contributed by atoms with E-state index in [4.69, 9.17) is 0 Å². The molecule has 2 aromatic rings. The van der Waals surface area contributed by atoms with Crippen LogP contribution in [0, 0.1) is 12.8 Å². The van der Waals surface area contributed by atoms with Gasteiger partial charge in [0.15, 0.2) is 0 Å². The van der Waals surface area contributed by atoms with Gasteiger partial charge in [-0.3, -0.25) is 0 Å². The number of anilines is 2. The Balaban J connectivity index is 1.25. The molecule has 1 aliphatic carbocycles. The third-order valence-electron chi connectivity index (χ3n) is 9.70. The Morgan fingerprint density at radius 1 is 0.689 bits per heavy atom. The molecule has 45 heavy (non-hydrogen) atoms. The van der Waals surface area contributed by atoms with Crippen LogP contribution in [-0.2, 0) is 10.2 Å². The highest BCUT2D eigenvalue weighted by molar-refractivity contribution is 7.97. The molecular weight excluding hydrogens is 601 g/mol. The summed E-state index contributed by atoms with van der Waals surface area (Å²) >= 11 is 1.82. The van der Waals surface area contributed by atoms with Crippen molar-refractivity contribution in [2.75, 3.05) is 95.9 Å². The van der Waals surface area contributed by atoms with Gasteiger partial charge in [-0.1, -0.05) is 37.0 Å². The first-order valence-corrected chi connectivity index (χ1v) is 19.4. The van der Waals surface area contributed by atoms with Crippen molar-refractivity contribution in [2.45, 2.75) is 63.2 Å². The van der Waals surface area contributed by atoms with Gasteiger partial charge in [0.2, 0.25) is 0 Å². The zero-order valence-electron chi connectivity index (χ0n) is 27.9. The van der Waals surface area contributed by atoms with E-state index >= 15 is 0 Å². The van der Waals surface area contributed by atoms with Gasteiger partial charge in [0.25, 0.3) is 10.2 Å². The Morgan fingerprint density at radius 3 is 1.89 bits per heavy atom. The summed E-state index contributed by atoms with van der Waals surface area (Å²) in [6.07, 6.45) is 9.65. The van der Waals surface area contributed by atoms with Gasteiger partial charge < -0.3 is 14.7 Å². The van der Waals surface area contributed by atoms with Crippen LogP contribution in [0.25, 0.3) is 0 Å². The topological polar surface area (TPSA) is 53.6 Å². The molecule has 0 unspecified atom stereocenters. The SMILES string of the molecule is Cc1ccc(N2CCN(S(=O)(=O)N3CCCN(CC4CCCCC4)CCCN(Sc4ccc(N(C)C)cc4)CCC3)CC2)cc1. The Hall–Kier alpha value is -1.82. The molecule has 2 aromatic carbocycles. The molecule has 250 valence electrons. The smallest absolute Gasteiger partial charge is 0.282 e. The summed E-state index contributed by atoms with van der Waals surface area (Å²) in [6, 6.07) is 17.3. The molecule has 1 saturated carbocycles. The van der Waals surface area contributed by atoms with Crippen molar-refractivity contribution >= 4 is 33.5 Å². The van der Waals surface area contributed by atoms with Gasteiger partial charge in [-0.2, -0.15) is 17.0 Å². The number of hydrogen-bond acceptors (Lipinski definition) is 7. The highest BCUT2D eigenvalue weighted by Crippen LogP contribution is 2.28. The molecule has 0 amide bonds. The minimum Gasteiger partial charge on any atom is -0.378 e. The molecule has 0 aromatic heterocycles. The predicted octanol–water partition coefficient (Wildman–Crippen LogP) is 5.81. The van der Waals surface area contributed by atoms with Crippen molar-refractivity contribution in [1.82, 2.24) is 17.8 Å². The summed E-state index contributed by atoms with van der Waals surface area (Å²) in [7, 11) is 0.613. The summed E-state index contributed by atoms with van der Waals surface area (Å²) in [5.41, 5.74) is 3.62. The number of nitrogens with zero attached hydrogens (tertiary/aromatic N) is 6. The number of piperazine rings is 1. The Morgan fingerprint density at radius 2 is 1.27 bits per heavy atom. The molecule has 0 bridgehead atoms. The monoisotopic (exact) mass is 656 g/mol. The van der Waals surface area contributed by atoms with Crippen LogP contribution in [0.5, 0.6) is 0 Å². The number of rotatable bonds is 8. The average Bonchev–Trinajstić information content (AvgIpc) is 3.04. The van der Waals surface area contributed by atoms with E-state index in [0.29, 0.717) is 26.2 Å². The molecular formula is C35H56N6O2S2. The van der Waals surface area contributed by atoms with Gasteiger partial charge in [0, 0.05) is 89.3 Å². The number of hydrogen-bond donors (Lipinski definition) is 0. The van der Waals surface area contributed by atoms with Crippen molar-refractivity contribution in [3.05, 3.63) is 54.1 Å². The van der Waals surface area contributed by atoms with Crippen LogP contribution in [0.4, 0.5) is 11.4 Å². The Labute approximate surface area is 278 Å². The summed E-state index contributed by atoms with van der Waals surface area (Å²) in [5, 5.41) is 0. The molecule has 2 heterocycles. The van der Waals surface area contributed by atoms with Gasteiger partial charge in [-0.05, 0) is 106 Å². The van der Waals surface area contributed by atoms with Crippen LogP contribution in [-0.4, -0.2) is 112 Å². The second kappa shape index (κ2) is 16.8. The van der Waals surface area contributed by atoms with Crippen LogP contribution in [0.1, 0.15) is 56.9 Å². The second-order valence-electron chi connectivity index (χ2n) is 13.4. The van der Waals surface area contributed by atoms with E-state index in [-0.39, 0.29) is 0 Å². The lowest BCUT2D eigenvalue weighted by Gasteiger charge is -2.38. The van der Waals surface area contributed by atoms with E-state index in [2.05, 4.69) is 88.6 Å². The fourth-order valence-corrected chi connectivity index (χ4v) is 9.66. The maximum absolute atomic E-state index is 14.1. The maximum Gasteiger partial charge on any atom is 0.282 e. The van der Waals surface area contributed by atoms with Crippen LogP contribution in [0.2, 0.25) is 0 Å². The van der Waals surface area contributed by atoms with Crippen molar-refractivity contribution < 1.29 is 8.42 Å². The van der Waals surface area contributed by atoms with Crippen molar-refractivity contribution in [3.8, 4) is 0 Å². The first-order valence-electron chi connectivity index (χ1n) is 17.3. The van der Waals surface area contributed by atoms with Gasteiger partial charge >= 0.3 is 0 Å². The maximum atomic E-state index is 14.1. The molecule has 0 N–H and O–H groups in total. The van der Waals surface area contributed by atoms with E-state index in [0.717, 1.165) is 71.0 Å². The molecule has 10 heteroatoms. The molecule has 0 spiro atoms. The lowest BCUT2D eigenvalue weighted by molar-refractivity contribution is 0.185. The third-order valence-corrected chi connectivity index (χ3v) is 12.8. The van der Waals surface area contributed by atoms with Gasteiger partial charge in [-0.15, -0.1) is 0 Å². The molecule has 3 aliphatic rings. The van der Waals surface area contributed by atoms with Crippen LogP contribution < -0.4 is 9.80 Å². The van der Waals surface area contributed by atoms with Crippen molar-refractivity contribution in [2.24, 2.45) is 5.92 Å². The fraction of sp³-hybridized carbons (Fsp3) is 0.657. The normalized spacial score (nSPS) is 21.7. The van der Waals surface area contributed by atoms with Crippen LogP contribution >= 0.6 is 11.9 Å². The van der Waals surface area contributed by atoms with E-state index in [1.807, 2.05) is 16.3 Å². The van der Waals surface area contributed by atoms with E-state index in [1.54, 1.807) is 4.31 Å². The fourth-order valence-electron chi connectivity index (χ4n) is 6.99. The highest BCUT2D eigenvalue weighted by atomic mass is 32.2. The summed E-state index contributed by atoms with van der Waals surface area (Å²) in [6.45, 7) is 10.9. The lowest BCUT2D eigenvalue weighted by atomic mass is 9.89. The first-order chi connectivity index (χ1) is 21.8. The Kier molecular flexibility index (Phi) is 12.9. The largest absolute Gasteiger partial charge is 0.378 e. The zero-order chi connectivity index (χ0) is 31.6. The second-order valence-corrected chi connectivity index (χ2v) is 16.5. The van der Waals surface area contributed by atoms with Gasteiger partial charge in [0.1, 0.15) is 0 Å².